The quantitative estimate of drug-likeness (QED) is 0.556. The Balaban J connectivity index is 3.62. The van der Waals surface area contributed by atoms with Crippen molar-refractivity contribution in [2.45, 2.75) is 33.0 Å². The van der Waals surface area contributed by atoms with E-state index in [2.05, 4.69) is 0 Å². The Morgan fingerprint density at radius 2 is 1.80 bits per heavy atom. The van der Waals surface area contributed by atoms with Crippen molar-refractivity contribution in [2.24, 2.45) is 0 Å². The minimum atomic E-state index is -0.456. The Morgan fingerprint density at radius 1 is 1.30 bits per heavy atom. The molecule has 0 spiro atoms. The lowest BCUT2D eigenvalue weighted by Gasteiger charge is -2.11. The van der Waals surface area contributed by atoms with E-state index in [0.717, 1.165) is 0 Å². The van der Waals surface area contributed by atoms with E-state index in [9.17, 15) is 4.79 Å². The van der Waals surface area contributed by atoms with Crippen LogP contribution in [-0.4, -0.2) is 25.3 Å². The number of methoxy groups -OCH3 is 1. The zero-order valence-corrected chi connectivity index (χ0v) is 6.88. The minimum absolute atomic E-state index is 0.0647. The minimum Gasteiger partial charge on any atom is -0.461 e. The van der Waals surface area contributed by atoms with Crippen LogP contribution in [0.3, 0.4) is 0 Å². The highest BCUT2D eigenvalue weighted by Crippen LogP contribution is 1.95. The van der Waals surface area contributed by atoms with Crippen LogP contribution in [0.1, 0.15) is 20.8 Å². The van der Waals surface area contributed by atoms with Gasteiger partial charge in [-0.1, -0.05) is 0 Å². The lowest BCUT2D eigenvalue weighted by molar-refractivity contribution is -0.158. The molecule has 0 aromatic carbocycles. The second-order valence-corrected chi connectivity index (χ2v) is 2.36. The van der Waals surface area contributed by atoms with Crippen LogP contribution < -0.4 is 0 Å². The molecule has 3 nitrogen and oxygen atoms in total. The number of esters is 1. The monoisotopic (exact) mass is 146 g/mol. The molecule has 0 fully saturated rings. The standard InChI is InChI=1S/C7H14O3/c1-5(2)10-7(8)6(3)9-4/h5-6H,1-4H3/t6-/m1/s1. The van der Waals surface area contributed by atoms with Crippen LogP contribution in [-0.2, 0) is 14.3 Å². The normalized spacial score (nSPS) is 13.3. The van der Waals surface area contributed by atoms with Crippen LogP contribution in [0.25, 0.3) is 0 Å². The third-order valence-corrected chi connectivity index (χ3v) is 1.04. The Kier molecular flexibility index (Phi) is 4.03. The summed E-state index contributed by atoms with van der Waals surface area (Å²) in [5.74, 6) is -0.308. The van der Waals surface area contributed by atoms with Crippen LogP contribution in [0.2, 0.25) is 0 Å². The van der Waals surface area contributed by atoms with Gasteiger partial charge in [0.2, 0.25) is 0 Å². The van der Waals surface area contributed by atoms with Crippen molar-refractivity contribution in [3.05, 3.63) is 0 Å². The number of carbonyl (C=O) groups is 1. The van der Waals surface area contributed by atoms with Crippen molar-refractivity contribution in [3.8, 4) is 0 Å². The van der Waals surface area contributed by atoms with Gasteiger partial charge in [-0.25, -0.2) is 4.79 Å². The van der Waals surface area contributed by atoms with Gasteiger partial charge in [-0.15, -0.1) is 0 Å². The molecule has 0 aromatic rings. The molecule has 0 radical (unpaired) electrons. The third kappa shape index (κ3) is 3.45. The fourth-order valence-corrected chi connectivity index (χ4v) is 0.424. The lowest BCUT2D eigenvalue weighted by Crippen LogP contribution is -2.24. The molecule has 10 heavy (non-hydrogen) atoms. The molecule has 0 unspecified atom stereocenters. The molecule has 0 heterocycles. The smallest absolute Gasteiger partial charge is 0.335 e. The van der Waals surface area contributed by atoms with Crippen molar-refractivity contribution in [3.63, 3.8) is 0 Å². The fourth-order valence-electron chi connectivity index (χ4n) is 0.424. The number of ether oxygens (including phenoxy) is 2. The first kappa shape index (κ1) is 9.43. The molecule has 0 bridgehead atoms. The number of carbonyl (C=O) groups excluding carboxylic acids is 1. The predicted molar refractivity (Wildman–Crippen MR) is 37.7 cm³/mol. The molecule has 0 aromatic heterocycles. The SMILES string of the molecule is CO[C@H](C)C(=O)OC(C)C. The molecule has 0 N–H and O–H groups in total. The van der Waals surface area contributed by atoms with Crippen LogP contribution in [0.5, 0.6) is 0 Å². The summed E-state index contributed by atoms with van der Waals surface area (Å²) in [6.45, 7) is 5.27. The van der Waals surface area contributed by atoms with Crippen LogP contribution in [0.4, 0.5) is 0 Å². The van der Waals surface area contributed by atoms with Gasteiger partial charge in [0.1, 0.15) is 0 Å². The van der Waals surface area contributed by atoms with Crippen molar-refractivity contribution >= 4 is 5.97 Å². The van der Waals surface area contributed by atoms with Gasteiger partial charge >= 0.3 is 5.97 Å². The summed E-state index contributed by atoms with van der Waals surface area (Å²) >= 11 is 0. The van der Waals surface area contributed by atoms with E-state index in [1.54, 1.807) is 20.8 Å². The molecule has 0 aliphatic heterocycles. The van der Waals surface area contributed by atoms with Gasteiger partial charge in [0.05, 0.1) is 6.10 Å². The van der Waals surface area contributed by atoms with Gasteiger partial charge in [0.25, 0.3) is 0 Å². The first-order valence-electron chi connectivity index (χ1n) is 3.31. The van der Waals surface area contributed by atoms with E-state index in [4.69, 9.17) is 9.47 Å². The molecule has 0 saturated carbocycles. The largest absolute Gasteiger partial charge is 0.461 e. The summed E-state index contributed by atoms with van der Waals surface area (Å²) in [4.78, 5) is 10.8. The van der Waals surface area contributed by atoms with E-state index in [1.807, 2.05) is 0 Å². The maximum atomic E-state index is 10.8. The van der Waals surface area contributed by atoms with Gasteiger partial charge in [-0.2, -0.15) is 0 Å². The van der Waals surface area contributed by atoms with E-state index >= 15 is 0 Å². The fraction of sp³-hybridized carbons (Fsp3) is 0.857. The Hall–Kier alpha value is -0.570. The third-order valence-electron chi connectivity index (χ3n) is 1.04. The Morgan fingerprint density at radius 3 is 2.10 bits per heavy atom. The lowest BCUT2D eigenvalue weighted by atomic mass is 10.4. The highest BCUT2D eigenvalue weighted by atomic mass is 16.6. The summed E-state index contributed by atoms with van der Waals surface area (Å²) in [5.41, 5.74) is 0. The first-order valence-corrected chi connectivity index (χ1v) is 3.31. The van der Waals surface area contributed by atoms with Gasteiger partial charge in [0, 0.05) is 7.11 Å². The topological polar surface area (TPSA) is 35.5 Å². The van der Waals surface area contributed by atoms with E-state index in [0.29, 0.717) is 0 Å². The molecular formula is C7H14O3. The second kappa shape index (κ2) is 4.28. The predicted octanol–water partition coefficient (Wildman–Crippen LogP) is 0.973. The summed E-state index contributed by atoms with van der Waals surface area (Å²) in [6.07, 6.45) is -0.521. The number of hydrogen-bond acceptors (Lipinski definition) is 3. The summed E-state index contributed by atoms with van der Waals surface area (Å²) in [7, 11) is 1.48. The van der Waals surface area contributed by atoms with Gasteiger partial charge in [-0.3, -0.25) is 0 Å². The number of hydrogen-bond donors (Lipinski definition) is 0. The Labute approximate surface area is 61.3 Å². The zero-order chi connectivity index (χ0) is 8.15. The first-order chi connectivity index (χ1) is 4.57. The summed E-state index contributed by atoms with van der Waals surface area (Å²) in [5, 5.41) is 0. The highest BCUT2D eigenvalue weighted by molar-refractivity contribution is 5.74. The molecule has 1 atom stereocenters. The Bertz CT molecular complexity index is 109. The highest BCUT2D eigenvalue weighted by Gasteiger charge is 2.13. The van der Waals surface area contributed by atoms with Crippen molar-refractivity contribution in [2.75, 3.05) is 7.11 Å². The maximum Gasteiger partial charge on any atom is 0.335 e. The molecule has 0 saturated heterocycles. The summed E-state index contributed by atoms with van der Waals surface area (Å²) in [6, 6.07) is 0. The molecule has 0 amide bonds. The van der Waals surface area contributed by atoms with Gasteiger partial charge < -0.3 is 9.47 Å². The van der Waals surface area contributed by atoms with Crippen LogP contribution in [0, 0.1) is 0 Å². The van der Waals surface area contributed by atoms with Crippen LogP contribution >= 0.6 is 0 Å². The van der Waals surface area contributed by atoms with Crippen molar-refractivity contribution in [1.29, 1.82) is 0 Å². The van der Waals surface area contributed by atoms with Gasteiger partial charge in [0.15, 0.2) is 6.10 Å². The van der Waals surface area contributed by atoms with Gasteiger partial charge in [-0.05, 0) is 20.8 Å². The van der Waals surface area contributed by atoms with Crippen molar-refractivity contribution < 1.29 is 14.3 Å². The maximum absolute atomic E-state index is 10.8. The summed E-state index contributed by atoms with van der Waals surface area (Å²) < 4.78 is 9.58. The van der Waals surface area contributed by atoms with E-state index < -0.39 is 6.10 Å². The van der Waals surface area contributed by atoms with E-state index in [1.165, 1.54) is 7.11 Å². The molecule has 60 valence electrons. The molecule has 3 heteroatoms. The van der Waals surface area contributed by atoms with Crippen molar-refractivity contribution in [1.82, 2.24) is 0 Å². The van der Waals surface area contributed by atoms with Crippen LogP contribution in [0.15, 0.2) is 0 Å². The average Bonchev–Trinajstić information content (AvgIpc) is 1.85. The van der Waals surface area contributed by atoms with E-state index in [-0.39, 0.29) is 12.1 Å². The molecule has 0 aliphatic carbocycles. The second-order valence-electron chi connectivity index (χ2n) is 2.36. The molecule has 0 aliphatic rings. The number of rotatable bonds is 3. The zero-order valence-electron chi connectivity index (χ0n) is 6.88. The average molecular weight is 146 g/mol. The molecule has 0 rings (SSSR count). The molecular weight excluding hydrogens is 132 g/mol.